The molecule has 0 unspecified atom stereocenters. The van der Waals surface area contributed by atoms with E-state index in [0.717, 1.165) is 10.8 Å². The molecule has 1 aromatic heterocycles. The molecule has 0 aliphatic heterocycles. The Labute approximate surface area is 152 Å². The van der Waals surface area contributed by atoms with Crippen molar-refractivity contribution in [1.29, 1.82) is 0 Å². The molecule has 26 heavy (non-hydrogen) atoms. The lowest BCUT2D eigenvalue weighted by Gasteiger charge is -2.11. The van der Waals surface area contributed by atoms with Crippen molar-refractivity contribution < 1.29 is 9.53 Å². The Bertz CT molecular complexity index is 1180. The number of fused-ring (bicyclic) bond motifs is 2. The summed E-state index contributed by atoms with van der Waals surface area (Å²) in [6.07, 6.45) is 0. The number of amides is 1. The fourth-order valence-electron chi connectivity index (χ4n) is 2.81. The van der Waals surface area contributed by atoms with Crippen molar-refractivity contribution in [2.45, 2.75) is 0 Å². The second-order valence-electron chi connectivity index (χ2n) is 5.77. The van der Waals surface area contributed by atoms with Crippen molar-refractivity contribution in [3.8, 4) is 5.75 Å². The van der Waals surface area contributed by atoms with Crippen LogP contribution in [0.4, 0.5) is 5.69 Å². The zero-order valence-electron chi connectivity index (χ0n) is 13.5. The number of hydrogen-bond acceptors (Lipinski definition) is 3. The van der Waals surface area contributed by atoms with E-state index in [1.54, 1.807) is 30.3 Å². The molecule has 0 aliphatic carbocycles. The van der Waals surface area contributed by atoms with Gasteiger partial charge in [-0.1, -0.05) is 35.9 Å². The van der Waals surface area contributed by atoms with Gasteiger partial charge in [-0.15, -0.1) is 0 Å². The van der Waals surface area contributed by atoms with E-state index in [2.05, 4.69) is 15.3 Å². The second-order valence-corrected chi connectivity index (χ2v) is 6.17. The third-order valence-corrected chi connectivity index (χ3v) is 4.32. The number of nitrogens with one attached hydrogen (secondary N) is 3. The minimum absolute atomic E-state index is 0.146. The van der Waals surface area contributed by atoms with Crippen LogP contribution in [0.15, 0.2) is 59.4 Å². The first-order valence-corrected chi connectivity index (χ1v) is 8.30. The zero-order chi connectivity index (χ0) is 18.1. The lowest BCUT2D eigenvalue weighted by Crippen LogP contribution is -2.20. The maximum Gasteiger partial charge on any atom is 0.323 e. The molecule has 0 atom stereocenters. The van der Waals surface area contributed by atoms with Crippen molar-refractivity contribution >= 4 is 45.0 Å². The van der Waals surface area contributed by atoms with Crippen LogP contribution in [0.25, 0.3) is 21.8 Å². The minimum Gasteiger partial charge on any atom is -0.483 e. The van der Waals surface area contributed by atoms with Crippen molar-refractivity contribution in [2.24, 2.45) is 0 Å². The van der Waals surface area contributed by atoms with Gasteiger partial charge in [-0.2, -0.15) is 0 Å². The number of benzene rings is 3. The number of aromatic amines is 2. The molecule has 3 N–H and O–H groups in total. The zero-order valence-corrected chi connectivity index (χ0v) is 14.3. The Hall–Kier alpha value is -3.25. The van der Waals surface area contributed by atoms with Gasteiger partial charge in [0.1, 0.15) is 5.75 Å². The smallest absolute Gasteiger partial charge is 0.323 e. The van der Waals surface area contributed by atoms with Crippen LogP contribution in [0.1, 0.15) is 0 Å². The van der Waals surface area contributed by atoms with Crippen molar-refractivity contribution in [3.05, 3.63) is 70.1 Å². The summed E-state index contributed by atoms with van der Waals surface area (Å²) < 4.78 is 5.67. The van der Waals surface area contributed by atoms with Gasteiger partial charge in [0.2, 0.25) is 0 Å². The largest absolute Gasteiger partial charge is 0.483 e. The van der Waals surface area contributed by atoms with Crippen LogP contribution in [0.5, 0.6) is 5.75 Å². The van der Waals surface area contributed by atoms with Gasteiger partial charge in [-0.3, -0.25) is 4.79 Å². The minimum atomic E-state index is -0.304. The molecule has 7 heteroatoms. The average Bonchev–Trinajstić information content (AvgIpc) is 3.01. The molecular weight excluding hydrogens is 354 g/mol. The highest BCUT2D eigenvalue weighted by atomic mass is 35.5. The van der Waals surface area contributed by atoms with Gasteiger partial charge in [-0.25, -0.2) is 4.79 Å². The number of carbonyl (C=O) groups is 1. The molecule has 4 rings (SSSR count). The third-order valence-electron chi connectivity index (χ3n) is 3.99. The Morgan fingerprint density at radius 1 is 1.00 bits per heavy atom. The normalized spacial score (nSPS) is 11.0. The molecule has 1 heterocycles. The summed E-state index contributed by atoms with van der Waals surface area (Å²) in [4.78, 5) is 28.8. The summed E-state index contributed by atoms with van der Waals surface area (Å²) in [7, 11) is 0. The van der Waals surface area contributed by atoms with Crippen molar-refractivity contribution in [2.75, 3.05) is 11.9 Å². The molecule has 0 spiro atoms. The molecule has 0 radical (unpaired) electrons. The molecule has 6 nitrogen and oxygen atoms in total. The van der Waals surface area contributed by atoms with Gasteiger partial charge in [0.15, 0.2) is 6.61 Å². The first-order valence-electron chi connectivity index (χ1n) is 7.92. The number of rotatable bonds is 4. The molecule has 3 aromatic carbocycles. The summed E-state index contributed by atoms with van der Waals surface area (Å²) in [6, 6.07) is 16.2. The number of aromatic nitrogens is 2. The van der Waals surface area contributed by atoms with E-state index in [1.807, 2.05) is 24.3 Å². The highest BCUT2D eigenvalue weighted by Gasteiger charge is 2.09. The van der Waals surface area contributed by atoms with Gasteiger partial charge < -0.3 is 20.0 Å². The van der Waals surface area contributed by atoms with E-state index in [9.17, 15) is 9.59 Å². The van der Waals surface area contributed by atoms with Crippen molar-refractivity contribution in [3.63, 3.8) is 0 Å². The highest BCUT2D eigenvalue weighted by molar-refractivity contribution is 6.35. The summed E-state index contributed by atoms with van der Waals surface area (Å²) in [6.45, 7) is -0.146. The van der Waals surface area contributed by atoms with E-state index in [0.29, 0.717) is 27.5 Å². The first kappa shape index (κ1) is 16.2. The van der Waals surface area contributed by atoms with Gasteiger partial charge >= 0.3 is 5.69 Å². The molecular formula is C19H14ClN3O3. The van der Waals surface area contributed by atoms with Crippen LogP contribution in [-0.4, -0.2) is 22.5 Å². The first-order chi connectivity index (χ1) is 12.6. The van der Waals surface area contributed by atoms with Gasteiger partial charge in [0.05, 0.1) is 11.0 Å². The van der Waals surface area contributed by atoms with E-state index in [4.69, 9.17) is 16.3 Å². The summed E-state index contributed by atoms with van der Waals surface area (Å²) in [5.74, 6) is 0.284. The van der Waals surface area contributed by atoms with Crippen LogP contribution < -0.4 is 15.7 Å². The Morgan fingerprint density at radius 2 is 1.77 bits per heavy atom. The third kappa shape index (κ3) is 3.14. The van der Waals surface area contributed by atoms with E-state index in [1.165, 1.54) is 0 Å². The molecule has 1 amide bonds. The van der Waals surface area contributed by atoms with Gasteiger partial charge in [0, 0.05) is 21.5 Å². The SMILES string of the molecule is O=C(COc1ccc(Cl)c2ccccc12)Nc1ccc2[nH]c(=O)[nH]c2c1. The summed E-state index contributed by atoms with van der Waals surface area (Å²) in [5.41, 5.74) is 1.58. The number of anilines is 1. The molecule has 130 valence electrons. The molecule has 0 bridgehead atoms. The Balaban J connectivity index is 1.48. The van der Waals surface area contributed by atoms with E-state index in [-0.39, 0.29) is 18.2 Å². The number of halogens is 1. The maximum absolute atomic E-state index is 12.2. The fourth-order valence-corrected chi connectivity index (χ4v) is 3.04. The lowest BCUT2D eigenvalue weighted by atomic mass is 10.1. The van der Waals surface area contributed by atoms with Crippen LogP contribution in [0.2, 0.25) is 5.02 Å². The topological polar surface area (TPSA) is 87.0 Å². The molecule has 0 fully saturated rings. The average molecular weight is 368 g/mol. The number of carbonyl (C=O) groups excluding carboxylic acids is 1. The summed E-state index contributed by atoms with van der Waals surface area (Å²) in [5, 5.41) is 5.09. The van der Waals surface area contributed by atoms with Crippen LogP contribution in [0.3, 0.4) is 0 Å². The molecule has 0 aliphatic rings. The molecule has 0 saturated carbocycles. The van der Waals surface area contributed by atoms with Crippen LogP contribution >= 0.6 is 11.6 Å². The van der Waals surface area contributed by atoms with E-state index >= 15 is 0 Å². The Morgan fingerprint density at radius 3 is 2.62 bits per heavy atom. The van der Waals surface area contributed by atoms with E-state index < -0.39 is 0 Å². The van der Waals surface area contributed by atoms with Crippen LogP contribution in [0, 0.1) is 0 Å². The van der Waals surface area contributed by atoms with Gasteiger partial charge in [0.25, 0.3) is 5.91 Å². The maximum atomic E-state index is 12.2. The number of H-pyrrole nitrogens is 2. The fraction of sp³-hybridized carbons (Fsp3) is 0.0526. The highest BCUT2D eigenvalue weighted by Crippen LogP contribution is 2.31. The second kappa shape index (κ2) is 6.57. The predicted molar refractivity (Wildman–Crippen MR) is 102 cm³/mol. The summed E-state index contributed by atoms with van der Waals surface area (Å²) >= 11 is 6.19. The Kier molecular flexibility index (Phi) is 4.10. The predicted octanol–water partition coefficient (Wildman–Crippen LogP) is 3.68. The number of imidazole rings is 1. The standard InChI is InChI=1S/C19H14ClN3O3/c20-14-6-8-17(13-4-2-1-3-12(13)14)26-10-18(24)21-11-5-7-15-16(9-11)23-19(25)22-15/h1-9H,10H2,(H,21,24)(H2,22,23,25). The molecule has 0 saturated heterocycles. The molecule has 4 aromatic rings. The monoisotopic (exact) mass is 367 g/mol. The number of ether oxygens (including phenoxy) is 1. The van der Waals surface area contributed by atoms with Gasteiger partial charge in [-0.05, 0) is 30.3 Å². The van der Waals surface area contributed by atoms with Crippen molar-refractivity contribution in [1.82, 2.24) is 9.97 Å². The quantitative estimate of drug-likeness (QED) is 0.514. The number of hydrogen-bond donors (Lipinski definition) is 3. The lowest BCUT2D eigenvalue weighted by molar-refractivity contribution is -0.118. The van der Waals surface area contributed by atoms with Crippen LogP contribution in [-0.2, 0) is 4.79 Å².